The van der Waals surface area contributed by atoms with Crippen LogP contribution in [0.3, 0.4) is 0 Å². The number of nitrogens with one attached hydrogen (secondary N) is 1. The zero-order chi connectivity index (χ0) is 15.8. The van der Waals surface area contributed by atoms with E-state index in [1.165, 1.54) is 16.7 Å². The van der Waals surface area contributed by atoms with Gasteiger partial charge in [0.05, 0.1) is 0 Å². The minimum Gasteiger partial charge on any atom is -0.357 e. The van der Waals surface area contributed by atoms with Gasteiger partial charge in [-0.25, -0.2) is 0 Å². The van der Waals surface area contributed by atoms with Gasteiger partial charge in [0.2, 0.25) is 0 Å². The Balaban J connectivity index is 0.00000264. The lowest BCUT2D eigenvalue weighted by Gasteiger charge is -2.21. The Labute approximate surface area is 160 Å². The van der Waals surface area contributed by atoms with Crippen LogP contribution in [0.2, 0.25) is 0 Å². The second-order valence-corrected chi connectivity index (χ2v) is 6.06. The smallest absolute Gasteiger partial charge is 0.193 e. The van der Waals surface area contributed by atoms with Crippen LogP contribution >= 0.6 is 35.3 Å². The van der Waals surface area contributed by atoms with Crippen molar-refractivity contribution in [1.82, 2.24) is 15.2 Å². The average Bonchev–Trinajstić information content (AvgIpc) is 3.01. The summed E-state index contributed by atoms with van der Waals surface area (Å²) in [5, 5.41) is 7.65. The molecule has 0 saturated heterocycles. The summed E-state index contributed by atoms with van der Waals surface area (Å²) in [6, 6.07) is 4.23. The quantitative estimate of drug-likeness (QED) is 0.420. The Morgan fingerprint density at radius 2 is 2.22 bits per heavy atom. The first-order chi connectivity index (χ1) is 10.7. The van der Waals surface area contributed by atoms with Crippen molar-refractivity contribution in [3.05, 3.63) is 52.0 Å². The SMILES string of the molecule is CCNC(=NCCc1ccncc1C)N(C)Cc1ccsc1.I. The highest BCUT2D eigenvalue weighted by molar-refractivity contribution is 14.0. The van der Waals surface area contributed by atoms with Crippen LogP contribution in [0.5, 0.6) is 0 Å². The van der Waals surface area contributed by atoms with Crippen LogP contribution < -0.4 is 5.32 Å². The summed E-state index contributed by atoms with van der Waals surface area (Å²) in [6.45, 7) is 6.73. The van der Waals surface area contributed by atoms with Crippen molar-refractivity contribution >= 4 is 41.3 Å². The van der Waals surface area contributed by atoms with Gasteiger partial charge in [-0.2, -0.15) is 11.3 Å². The molecule has 0 saturated carbocycles. The number of nitrogens with zero attached hydrogens (tertiary/aromatic N) is 3. The van der Waals surface area contributed by atoms with E-state index in [0.29, 0.717) is 0 Å². The van der Waals surface area contributed by atoms with Crippen molar-refractivity contribution in [3.8, 4) is 0 Å². The Hall–Kier alpha value is -1.15. The molecule has 4 nitrogen and oxygen atoms in total. The summed E-state index contributed by atoms with van der Waals surface area (Å²) >= 11 is 1.73. The normalized spacial score (nSPS) is 11.0. The number of rotatable bonds is 6. The zero-order valence-electron chi connectivity index (χ0n) is 14.0. The van der Waals surface area contributed by atoms with Crippen LogP contribution in [0.25, 0.3) is 0 Å². The lowest BCUT2D eigenvalue weighted by Crippen LogP contribution is -2.38. The summed E-state index contributed by atoms with van der Waals surface area (Å²) in [4.78, 5) is 11.0. The molecule has 0 fully saturated rings. The maximum atomic E-state index is 4.74. The molecule has 2 rings (SSSR count). The molecule has 0 aliphatic heterocycles. The molecular formula is C17H25IN4S. The fraction of sp³-hybridized carbons (Fsp3) is 0.412. The molecule has 2 aromatic heterocycles. The summed E-state index contributed by atoms with van der Waals surface area (Å²) < 4.78 is 0. The Kier molecular flexibility index (Phi) is 9.16. The second kappa shape index (κ2) is 10.6. The zero-order valence-corrected chi connectivity index (χ0v) is 17.1. The molecule has 126 valence electrons. The number of guanidine groups is 1. The van der Waals surface area contributed by atoms with Gasteiger partial charge in [0, 0.05) is 39.1 Å². The number of aromatic nitrogens is 1. The van der Waals surface area contributed by atoms with Crippen LogP contribution in [0.1, 0.15) is 23.6 Å². The van der Waals surface area contributed by atoms with Gasteiger partial charge in [0.25, 0.3) is 0 Å². The topological polar surface area (TPSA) is 40.5 Å². The van der Waals surface area contributed by atoms with E-state index in [2.05, 4.69) is 59.0 Å². The van der Waals surface area contributed by atoms with Crippen LogP contribution in [0.4, 0.5) is 0 Å². The number of hydrogen-bond donors (Lipinski definition) is 1. The van der Waals surface area contributed by atoms with Gasteiger partial charge in [-0.15, -0.1) is 24.0 Å². The van der Waals surface area contributed by atoms with E-state index in [1.807, 2.05) is 12.4 Å². The molecule has 0 aliphatic carbocycles. The summed E-state index contributed by atoms with van der Waals surface area (Å²) in [7, 11) is 2.08. The second-order valence-electron chi connectivity index (χ2n) is 5.28. The van der Waals surface area contributed by atoms with Crippen LogP contribution in [0.15, 0.2) is 40.3 Å². The number of aliphatic imine (C=N–C) groups is 1. The molecule has 23 heavy (non-hydrogen) atoms. The molecule has 0 amide bonds. The number of pyridine rings is 1. The minimum atomic E-state index is 0. The Morgan fingerprint density at radius 3 is 2.87 bits per heavy atom. The number of aryl methyl sites for hydroxylation is 1. The summed E-state index contributed by atoms with van der Waals surface area (Å²) in [6.07, 6.45) is 4.70. The maximum Gasteiger partial charge on any atom is 0.193 e. The van der Waals surface area contributed by atoms with E-state index in [4.69, 9.17) is 4.99 Å². The van der Waals surface area contributed by atoms with Gasteiger partial charge in [0.15, 0.2) is 5.96 Å². The largest absolute Gasteiger partial charge is 0.357 e. The van der Waals surface area contributed by atoms with Crippen molar-refractivity contribution in [2.45, 2.75) is 26.8 Å². The standard InChI is InChI=1S/C17H24N4S.HI/c1-4-19-17(21(3)12-15-7-10-22-13-15)20-9-6-16-5-8-18-11-14(16)2;/h5,7-8,10-11,13H,4,6,9,12H2,1-3H3,(H,19,20);1H. The minimum absolute atomic E-state index is 0. The van der Waals surface area contributed by atoms with Crippen molar-refractivity contribution in [2.75, 3.05) is 20.1 Å². The van der Waals surface area contributed by atoms with E-state index in [1.54, 1.807) is 11.3 Å². The highest BCUT2D eigenvalue weighted by Crippen LogP contribution is 2.09. The molecule has 0 aliphatic rings. The molecule has 2 aromatic rings. The fourth-order valence-electron chi connectivity index (χ4n) is 2.27. The lowest BCUT2D eigenvalue weighted by molar-refractivity contribution is 0.478. The molecule has 0 radical (unpaired) electrons. The van der Waals surface area contributed by atoms with Crippen LogP contribution in [-0.4, -0.2) is 36.0 Å². The average molecular weight is 444 g/mol. The van der Waals surface area contributed by atoms with Crippen LogP contribution in [-0.2, 0) is 13.0 Å². The van der Waals surface area contributed by atoms with E-state index in [9.17, 15) is 0 Å². The highest BCUT2D eigenvalue weighted by Gasteiger charge is 2.06. The molecule has 2 heterocycles. The highest BCUT2D eigenvalue weighted by atomic mass is 127. The van der Waals surface area contributed by atoms with E-state index >= 15 is 0 Å². The van der Waals surface area contributed by atoms with Crippen molar-refractivity contribution in [2.24, 2.45) is 4.99 Å². The molecule has 0 spiro atoms. The third kappa shape index (κ3) is 6.47. The molecule has 6 heteroatoms. The molecule has 0 aromatic carbocycles. The molecule has 1 N–H and O–H groups in total. The maximum absolute atomic E-state index is 4.74. The van der Waals surface area contributed by atoms with Gasteiger partial charge in [-0.05, 0) is 59.9 Å². The van der Waals surface area contributed by atoms with Gasteiger partial charge in [-0.1, -0.05) is 0 Å². The van der Waals surface area contributed by atoms with E-state index in [0.717, 1.165) is 32.0 Å². The lowest BCUT2D eigenvalue weighted by atomic mass is 10.1. The predicted molar refractivity (Wildman–Crippen MR) is 110 cm³/mol. The number of halogens is 1. The molecule has 0 bridgehead atoms. The Morgan fingerprint density at radius 1 is 1.39 bits per heavy atom. The van der Waals surface area contributed by atoms with Crippen molar-refractivity contribution in [1.29, 1.82) is 0 Å². The summed E-state index contributed by atoms with van der Waals surface area (Å²) in [5.41, 5.74) is 3.87. The van der Waals surface area contributed by atoms with Crippen molar-refractivity contribution in [3.63, 3.8) is 0 Å². The first kappa shape index (κ1) is 19.9. The number of hydrogen-bond acceptors (Lipinski definition) is 3. The first-order valence-electron chi connectivity index (χ1n) is 7.60. The summed E-state index contributed by atoms with van der Waals surface area (Å²) in [5.74, 6) is 0.959. The number of thiophene rings is 1. The monoisotopic (exact) mass is 444 g/mol. The van der Waals surface area contributed by atoms with Gasteiger partial charge in [-0.3, -0.25) is 9.98 Å². The van der Waals surface area contributed by atoms with E-state index < -0.39 is 0 Å². The van der Waals surface area contributed by atoms with Gasteiger partial charge in [0.1, 0.15) is 0 Å². The first-order valence-corrected chi connectivity index (χ1v) is 8.55. The Bertz CT molecular complexity index is 598. The van der Waals surface area contributed by atoms with Crippen molar-refractivity contribution < 1.29 is 0 Å². The molecule has 0 unspecified atom stereocenters. The predicted octanol–water partition coefficient (Wildman–Crippen LogP) is 3.71. The molecule has 0 atom stereocenters. The third-order valence-corrected chi connectivity index (χ3v) is 4.21. The molecular weight excluding hydrogens is 419 g/mol. The van der Waals surface area contributed by atoms with E-state index in [-0.39, 0.29) is 24.0 Å². The van der Waals surface area contributed by atoms with Gasteiger partial charge >= 0.3 is 0 Å². The van der Waals surface area contributed by atoms with Gasteiger partial charge < -0.3 is 10.2 Å². The fourth-order valence-corrected chi connectivity index (χ4v) is 2.93. The van der Waals surface area contributed by atoms with Crippen LogP contribution in [0, 0.1) is 6.92 Å². The third-order valence-electron chi connectivity index (χ3n) is 3.48.